The van der Waals surface area contributed by atoms with Crippen molar-refractivity contribution in [2.75, 3.05) is 13.2 Å². The number of esters is 1. The van der Waals surface area contributed by atoms with E-state index in [-0.39, 0.29) is 34.0 Å². The predicted octanol–water partition coefficient (Wildman–Crippen LogP) is 5.00. The van der Waals surface area contributed by atoms with E-state index in [1.165, 1.54) is 18.2 Å². The molecule has 0 radical (unpaired) electrons. The van der Waals surface area contributed by atoms with Crippen molar-refractivity contribution < 1.29 is 38.5 Å². The molecule has 190 valence electrons. The van der Waals surface area contributed by atoms with Gasteiger partial charge in [0.25, 0.3) is 11.1 Å². The summed E-state index contributed by atoms with van der Waals surface area (Å²) in [5.74, 6) is -1.69. The minimum atomic E-state index is -1.02. The lowest BCUT2D eigenvalue weighted by Crippen LogP contribution is -2.35. The minimum Gasteiger partial charge on any atom is -0.490 e. The van der Waals surface area contributed by atoms with E-state index in [1.54, 1.807) is 45.0 Å². The van der Waals surface area contributed by atoms with Gasteiger partial charge in [-0.25, -0.2) is 4.79 Å². The number of imide groups is 1. The van der Waals surface area contributed by atoms with Gasteiger partial charge in [0.1, 0.15) is 13.2 Å². The number of nitrogens with zero attached hydrogens (tertiary/aromatic N) is 1. The Morgan fingerprint density at radius 1 is 1.14 bits per heavy atom. The number of rotatable bonds is 10. The van der Waals surface area contributed by atoms with Crippen molar-refractivity contribution >= 4 is 52.5 Å². The average molecular weight is 534 g/mol. The first-order valence-corrected chi connectivity index (χ1v) is 12.1. The highest BCUT2D eigenvalue weighted by molar-refractivity contribution is 8.18. The number of carboxylic acids is 1. The maximum absolute atomic E-state index is 12.7. The molecule has 0 unspecified atom stereocenters. The van der Waals surface area contributed by atoms with Gasteiger partial charge in [-0.3, -0.25) is 19.3 Å². The quantitative estimate of drug-likeness (QED) is 0.332. The van der Waals surface area contributed by atoms with Gasteiger partial charge in [-0.05, 0) is 74.0 Å². The second-order valence-electron chi connectivity index (χ2n) is 7.86. The van der Waals surface area contributed by atoms with Crippen molar-refractivity contribution in [2.24, 2.45) is 0 Å². The lowest BCUT2D eigenvalue weighted by atomic mass is 10.1. The number of hydrogen-bond acceptors (Lipinski definition) is 8. The van der Waals surface area contributed by atoms with Crippen LogP contribution in [-0.4, -0.2) is 52.3 Å². The monoisotopic (exact) mass is 533 g/mol. The van der Waals surface area contributed by atoms with E-state index in [0.29, 0.717) is 29.7 Å². The molecule has 2 aromatic carbocycles. The molecule has 2 amide bonds. The smallest absolute Gasteiger partial charge is 0.335 e. The van der Waals surface area contributed by atoms with Crippen LogP contribution in [-0.2, 0) is 20.9 Å². The fraction of sp³-hybridized carbons (Fsp3) is 0.280. The van der Waals surface area contributed by atoms with Crippen molar-refractivity contribution in [1.29, 1.82) is 0 Å². The van der Waals surface area contributed by atoms with Gasteiger partial charge in [-0.2, -0.15) is 0 Å². The number of ether oxygens (including phenoxy) is 3. The van der Waals surface area contributed by atoms with Gasteiger partial charge >= 0.3 is 11.9 Å². The lowest BCUT2D eigenvalue weighted by Gasteiger charge is -2.15. The molecule has 9 nitrogen and oxygen atoms in total. The molecule has 1 fully saturated rings. The van der Waals surface area contributed by atoms with E-state index >= 15 is 0 Å². The van der Waals surface area contributed by atoms with Gasteiger partial charge in [0.2, 0.25) is 0 Å². The maximum Gasteiger partial charge on any atom is 0.335 e. The van der Waals surface area contributed by atoms with Crippen LogP contribution in [0.4, 0.5) is 4.79 Å². The number of carbonyl (C=O) groups is 4. The first-order valence-electron chi connectivity index (χ1n) is 10.9. The normalized spacial score (nSPS) is 14.5. The summed E-state index contributed by atoms with van der Waals surface area (Å²) in [6, 6.07) is 9.42. The largest absolute Gasteiger partial charge is 0.490 e. The zero-order valence-corrected chi connectivity index (χ0v) is 21.4. The van der Waals surface area contributed by atoms with Crippen LogP contribution >= 0.6 is 23.4 Å². The zero-order chi connectivity index (χ0) is 26.4. The predicted molar refractivity (Wildman–Crippen MR) is 134 cm³/mol. The van der Waals surface area contributed by atoms with E-state index in [4.69, 9.17) is 30.9 Å². The van der Waals surface area contributed by atoms with Crippen molar-refractivity contribution in [3.8, 4) is 11.5 Å². The molecule has 0 aliphatic carbocycles. The van der Waals surface area contributed by atoms with Crippen LogP contribution in [0.15, 0.2) is 41.3 Å². The summed E-state index contributed by atoms with van der Waals surface area (Å²) >= 11 is 7.17. The molecule has 0 atom stereocenters. The number of halogens is 1. The molecule has 3 rings (SSSR count). The topological polar surface area (TPSA) is 119 Å². The van der Waals surface area contributed by atoms with Gasteiger partial charge in [0, 0.05) is 0 Å². The van der Waals surface area contributed by atoms with Crippen LogP contribution in [0.5, 0.6) is 11.5 Å². The fourth-order valence-electron chi connectivity index (χ4n) is 3.19. The van der Waals surface area contributed by atoms with Gasteiger partial charge < -0.3 is 19.3 Å². The van der Waals surface area contributed by atoms with Gasteiger partial charge in [-0.1, -0.05) is 23.7 Å². The van der Waals surface area contributed by atoms with Crippen LogP contribution < -0.4 is 9.47 Å². The molecule has 0 saturated carbocycles. The number of carboxylic acid groups (broad SMARTS) is 1. The first kappa shape index (κ1) is 27.1. The summed E-state index contributed by atoms with van der Waals surface area (Å²) in [4.78, 5) is 48.9. The maximum atomic E-state index is 12.7. The van der Waals surface area contributed by atoms with Gasteiger partial charge in [0.05, 0.1) is 28.2 Å². The molecule has 11 heteroatoms. The summed E-state index contributed by atoms with van der Waals surface area (Å²) in [7, 11) is 0. The third-order valence-electron chi connectivity index (χ3n) is 4.74. The number of hydrogen-bond donors (Lipinski definition) is 1. The van der Waals surface area contributed by atoms with E-state index in [2.05, 4.69) is 0 Å². The molecule has 1 aliphatic rings. The Labute approximate surface area is 217 Å². The number of benzene rings is 2. The average Bonchev–Trinajstić information content (AvgIpc) is 3.05. The molecule has 36 heavy (non-hydrogen) atoms. The standard InChI is InChI=1S/C25H24ClNO8S/c1-4-33-19-10-16(11-20-23(29)27(25(32)36-20)12-21(28)35-14(2)3)9-18(26)22(19)34-13-15-5-7-17(8-6-15)24(30)31/h5-11,14H,4,12-13H2,1-3H3,(H,30,31)/b20-11+. The Morgan fingerprint density at radius 2 is 1.83 bits per heavy atom. The molecular formula is C25H24ClNO8S. The summed E-state index contributed by atoms with van der Waals surface area (Å²) in [5, 5.41) is 8.67. The summed E-state index contributed by atoms with van der Waals surface area (Å²) in [6.45, 7) is 5.10. The zero-order valence-electron chi connectivity index (χ0n) is 19.8. The Bertz CT molecular complexity index is 1210. The highest BCUT2D eigenvalue weighted by Gasteiger charge is 2.37. The highest BCUT2D eigenvalue weighted by Crippen LogP contribution is 2.39. The van der Waals surface area contributed by atoms with Crippen LogP contribution in [0.25, 0.3) is 6.08 Å². The van der Waals surface area contributed by atoms with Crippen LogP contribution in [0, 0.1) is 0 Å². The third-order valence-corrected chi connectivity index (χ3v) is 5.93. The Morgan fingerprint density at radius 3 is 2.44 bits per heavy atom. The molecule has 0 bridgehead atoms. The number of aromatic carboxylic acids is 1. The molecule has 0 spiro atoms. The van der Waals surface area contributed by atoms with Gasteiger partial charge in [-0.15, -0.1) is 0 Å². The molecule has 1 heterocycles. The van der Waals surface area contributed by atoms with Gasteiger partial charge in [0.15, 0.2) is 11.5 Å². The van der Waals surface area contributed by atoms with Crippen LogP contribution in [0.2, 0.25) is 5.02 Å². The summed E-state index contributed by atoms with van der Waals surface area (Å²) in [5.41, 5.74) is 1.39. The van der Waals surface area contributed by atoms with Crippen LogP contribution in [0.1, 0.15) is 42.3 Å². The lowest BCUT2D eigenvalue weighted by molar-refractivity contribution is -0.149. The summed E-state index contributed by atoms with van der Waals surface area (Å²) < 4.78 is 16.5. The van der Waals surface area contributed by atoms with Crippen molar-refractivity contribution in [3.63, 3.8) is 0 Å². The number of amides is 2. The van der Waals surface area contributed by atoms with E-state index in [9.17, 15) is 19.2 Å². The van der Waals surface area contributed by atoms with E-state index in [0.717, 1.165) is 10.5 Å². The van der Waals surface area contributed by atoms with E-state index in [1.807, 2.05) is 0 Å². The fourth-order valence-corrected chi connectivity index (χ4v) is 4.30. The van der Waals surface area contributed by atoms with E-state index < -0.39 is 29.6 Å². The molecule has 0 aromatic heterocycles. The highest BCUT2D eigenvalue weighted by atomic mass is 35.5. The SMILES string of the molecule is CCOc1cc(/C=C2/SC(=O)N(CC(=O)OC(C)C)C2=O)cc(Cl)c1OCc1ccc(C(=O)O)cc1. The van der Waals surface area contributed by atoms with Crippen LogP contribution in [0.3, 0.4) is 0 Å². The summed E-state index contributed by atoms with van der Waals surface area (Å²) in [6.07, 6.45) is 1.12. The second-order valence-corrected chi connectivity index (χ2v) is 9.26. The molecule has 2 aromatic rings. The molecule has 1 N–H and O–H groups in total. The Balaban J connectivity index is 1.79. The second kappa shape index (κ2) is 12.0. The van der Waals surface area contributed by atoms with Crippen molar-refractivity contribution in [1.82, 2.24) is 4.90 Å². The number of carbonyl (C=O) groups excluding carboxylic acids is 3. The van der Waals surface area contributed by atoms with Crippen molar-refractivity contribution in [3.05, 3.63) is 63.0 Å². The first-order chi connectivity index (χ1) is 17.1. The van der Waals surface area contributed by atoms with Crippen molar-refractivity contribution in [2.45, 2.75) is 33.5 Å². The third kappa shape index (κ3) is 6.79. The molecule has 1 aliphatic heterocycles. The number of thioether (sulfide) groups is 1. The Hall–Kier alpha value is -3.50. The minimum absolute atomic E-state index is 0.115. The Kier molecular flexibility index (Phi) is 9.00. The molecule has 1 saturated heterocycles. The molecular weight excluding hydrogens is 510 g/mol.